The van der Waals surface area contributed by atoms with Gasteiger partial charge in [-0.1, -0.05) is 0 Å². The zero-order chi connectivity index (χ0) is 14.4. The lowest BCUT2D eigenvalue weighted by molar-refractivity contribution is -0.0682. The summed E-state index contributed by atoms with van der Waals surface area (Å²) in [5, 5.41) is 0. The maximum atomic E-state index is 5.75. The molecule has 3 nitrogen and oxygen atoms in total. The number of morpholine rings is 1. The fraction of sp³-hybridized carbons (Fsp3) is 0.625. The van der Waals surface area contributed by atoms with Gasteiger partial charge in [0.05, 0.1) is 18.8 Å². The van der Waals surface area contributed by atoms with Crippen molar-refractivity contribution >= 4 is 22.6 Å². The molecule has 0 saturated carbocycles. The summed E-state index contributed by atoms with van der Waals surface area (Å²) in [7, 11) is 0. The number of benzene rings is 1. The van der Waals surface area contributed by atoms with Gasteiger partial charge in [-0.3, -0.25) is 4.90 Å². The van der Waals surface area contributed by atoms with Crippen LogP contribution in [0.2, 0.25) is 0 Å². The molecule has 1 saturated heterocycles. The second kappa shape index (κ2) is 8.20. The Morgan fingerprint density at radius 3 is 2.45 bits per heavy atom. The van der Waals surface area contributed by atoms with E-state index in [0.29, 0.717) is 12.2 Å². The van der Waals surface area contributed by atoms with E-state index in [0.717, 1.165) is 38.4 Å². The molecule has 0 N–H and O–H groups in total. The van der Waals surface area contributed by atoms with Gasteiger partial charge in [0.25, 0.3) is 0 Å². The fourth-order valence-electron chi connectivity index (χ4n) is 2.63. The highest BCUT2D eigenvalue weighted by atomic mass is 127. The Morgan fingerprint density at radius 2 is 1.80 bits per heavy atom. The van der Waals surface area contributed by atoms with E-state index >= 15 is 0 Å². The topological polar surface area (TPSA) is 21.7 Å². The first-order valence-corrected chi connectivity index (χ1v) is 8.47. The first-order valence-electron chi connectivity index (χ1n) is 7.39. The quantitative estimate of drug-likeness (QED) is 0.549. The standard InChI is InChI=1S/C16H24INO2/c1-13-11-18(12-14(2)20-13)9-3-4-10-19-16-7-5-15(17)6-8-16/h5-8,13-14H,3-4,9-12H2,1-2H3/t13-,14-/m0/s1. The summed E-state index contributed by atoms with van der Waals surface area (Å²) in [5.41, 5.74) is 0. The van der Waals surface area contributed by atoms with Crippen molar-refractivity contribution in [1.82, 2.24) is 4.90 Å². The van der Waals surface area contributed by atoms with Crippen LogP contribution in [0.1, 0.15) is 26.7 Å². The van der Waals surface area contributed by atoms with Crippen LogP contribution in [0.15, 0.2) is 24.3 Å². The third kappa shape index (κ3) is 5.58. The predicted octanol–water partition coefficient (Wildman–Crippen LogP) is 3.56. The smallest absolute Gasteiger partial charge is 0.119 e. The summed E-state index contributed by atoms with van der Waals surface area (Å²) in [5.74, 6) is 0.971. The largest absolute Gasteiger partial charge is 0.494 e. The van der Waals surface area contributed by atoms with E-state index in [1.165, 1.54) is 9.99 Å². The van der Waals surface area contributed by atoms with Crippen LogP contribution in [0.25, 0.3) is 0 Å². The lowest BCUT2D eigenvalue weighted by atomic mass is 10.2. The molecular weight excluding hydrogens is 365 g/mol. The molecule has 0 radical (unpaired) electrons. The molecule has 20 heavy (non-hydrogen) atoms. The Balaban J connectivity index is 1.58. The van der Waals surface area contributed by atoms with Gasteiger partial charge >= 0.3 is 0 Å². The molecule has 1 heterocycles. The molecule has 0 amide bonds. The van der Waals surface area contributed by atoms with Gasteiger partial charge in [0, 0.05) is 16.7 Å². The Labute approximate surface area is 135 Å². The summed E-state index contributed by atoms with van der Waals surface area (Å²) in [6.45, 7) is 8.37. The highest BCUT2D eigenvalue weighted by molar-refractivity contribution is 14.1. The maximum Gasteiger partial charge on any atom is 0.119 e. The third-order valence-corrected chi connectivity index (χ3v) is 4.17. The Kier molecular flexibility index (Phi) is 6.58. The zero-order valence-electron chi connectivity index (χ0n) is 12.3. The highest BCUT2D eigenvalue weighted by Gasteiger charge is 2.21. The van der Waals surface area contributed by atoms with Crippen LogP contribution in [0, 0.1) is 3.57 Å². The molecule has 1 aliphatic heterocycles. The number of nitrogens with zero attached hydrogens (tertiary/aromatic N) is 1. The Bertz CT molecular complexity index is 386. The second-order valence-corrected chi connectivity index (χ2v) is 6.77. The molecule has 0 aromatic heterocycles. The van der Waals surface area contributed by atoms with Gasteiger partial charge in [-0.2, -0.15) is 0 Å². The molecule has 4 heteroatoms. The van der Waals surface area contributed by atoms with Crippen molar-refractivity contribution in [3.63, 3.8) is 0 Å². The van der Waals surface area contributed by atoms with Crippen molar-refractivity contribution in [2.24, 2.45) is 0 Å². The highest BCUT2D eigenvalue weighted by Crippen LogP contribution is 2.14. The molecule has 112 valence electrons. The van der Waals surface area contributed by atoms with Crippen molar-refractivity contribution in [2.45, 2.75) is 38.9 Å². The zero-order valence-corrected chi connectivity index (χ0v) is 14.5. The van der Waals surface area contributed by atoms with Gasteiger partial charge < -0.3 is 9.47 Å². The fourth-order valence-corrected chi connectivity index (χ4v) is 2.98. The van der Waals surface area contributed by atoms with E-state index in [1.807, 2.05) is 12.1 Å². The van der Waals surface area contributed by atoms with E-state index in [4.69, 9.17) is 9.47 Å². The van der Waals surface area contributed by atoms with E-state index in [2.05, 4.69) is 53.5 Å². The van der Waals surface area contributed by atoms with Crippen LogP contribution >= 0.6 is 22.6 Å². The monoisotopic (exact) mass is 389 g/mol. The molecule has 0 aliphatic carbocycles. The SMILES string of the molecule is C[C@H]1CN(CCCCOc2ccc(I)cc2)C[C@H](C)O1. The lowest BCUT2D eigenvalue weighted by Crippen LogP contribution is -2.45. The van der Waals surface area contributed by atoms with E-state index in [1.54, 1.807) is 0 Å². The maximum absolute atomic E-state index is 5.75. The summed E-state index contributed by atoms with van der Waals surface area (Å²) in [6.07, 6.45) is 3.01. The average Bonchev–Trinajstić information content (AvgIpc) is 2.39. The van der Waals surface area contributed by atoms with E-state index in [-0.39, 0.29) is 0 Å². The normalized spacial score (nSPS) is 23.8. The van der Waals surface area contributed by atoms with Crippen LogP contribution in [-0.2, 0) is 4.74 Å². The molecule has 1 aromatic rings. The third-order valence-electron chi connectivity index (χ3n) is 3.45. The summed E-state index contributed by atoms with van der Waals surface area (Å²) in [4.78, 5) is 2.50. The molecular formula is C16H24INO2. The van der Waals surface area contributed by atoms with Gasteiger partial charge in [0.2, 0.25) is 0 Å². The van der Waals surface area contributed by atoms with Crippen molar-refractivity contribution in [2.75, 3.05) is 26.2 Å². The lowest BCUT2D eigenvalue weighted by Gasteiger charge is -2.35. The summed E-state index contributed by atoms with van der Waals surface area (Å²) >= 11 is 2.30. The molecule has 2 rings (SSSR count). The molecule has 0 bridgehead atoms. The van der Waals surface area contributed by atoms with Gasteiger partial charge in [-0.05, 0) is 80.1 Å². The van der Waals surface area contributed by atoms with Gasteiger partial charge in [0.1, 0.15) is 5.75 Å². The van der Waals surface area contributed by atoms with Gasteiger partial charge in [-0.15, -0.1) is 0 Å². The molecule has 2 atom stereocenters. The van der Waals surface area contributed by atoms with Crippen molar-refractivity contribution in [3.05, 3.63) is 27.8 Å². The molecule has 0 unspecified atom stereocenters. The van der Waals surface area contributed by atoms with E-state index in [9.17, 15) is 0 Å². The molecule has 1 fully saturated rings. The number of rotatable bonds is 6. The minimum atomic E-state index is 0.363. The summed E-state index contributed by atoms with van der Waals surface area (Å²) < 4.78 is 12.7. The van der Waals surface area contributed by atoms with Crippen molar-refractivity contribution in [3.8, 4) is 5.75 Å². The second-order valence-electron chi connectivity index (χ2n) is 5.53. The number of hydrogen-bond donors (Lipinski definition) is 0. The summed E-state index contributed by atoms with van der Waals surface area (Å²) in [6, 6.07) is 8.22. The van der Waals surface area contributed by atoms with Crippen LogP contribution < -0.4 is 4.74 Å². The Morgan fingerprint density at radius 1 is 1.15 bits per heavy atom. The average molecular weight is 389 g/mol. The van der Waals surface area contributed by atoms with Crippen LogP contribution in [0.4, 0.5) is 0 Å². The Hall–Kier alpha value is -0.330. The minimum Gasteiger partial charge on any atom is -0.494 e. The first-order chi connectivity index (χ1) is 9.63. The molecule has 0 spiro atoms. The minimum absolute atomic E-state index is 0.363. The number of ether oxygens (including phenoxy) is 2. The van der Waals surface area contributed by atoms with Crippen molar-refractivity contribution < 1.29 is 9.47 Å². The predicted molar refractivity (Wildman–Crippen MR) is 90.3 cm³/mol. The van der Waals surface area contributed by atoms with Gasteiger partial charge in [0.15, 0.2) is 0 Å². The first kappa shape index (κ1) is 16.0. The van der Waals surface area contributed by atoms with Crippen LogP contribution in [0.3, 0.4) is 0 Å². The number of hydrogen-bond acceptors (Lipinski definition) is 3. The van der Waals surface area contributed by atoms with E-state index < -0.39 is 0 Å². The van der Waals surface area contributed by atoms with Crippen LogP contribution in [-0.4, -0.2) is 43.3 Å². The van der Waals surface area contributed by atoms with Gasteiger partial charge in [-0.25, -0.2) is 0 Å². The molecule has 1 aromatic carbocycles. The molecule has 1 aliphatic rings. The number of halogens is 1. The van der Waals surface area contributed by atoms with Crippen LogP contribution in [0.5, 0.6) is 5.75 Å². The number of unbranched alkanes of at least 4 members (excludes halogenated alkanes) is 1. The van der Waals surface area contributed by atoms with Crippen molar-refractivity contribution in [1.29, 1.82) is 0 Å².